The molecule has 0 aliphatic carbocycles. The molecule has 3 saturated heterocycles. The Balaban J connectivity index is 2.14. The first-order chi connectivity index (χ1) is 15.0. The van der Waals surface area contributed by atoms with Crippen molar-refractivity contribution in [1.82, 2.24) is 9.80 Å². The number of esters is 1. The Morgan fingerprint density at radius 3 is 2.53 bits per heavy atom. The van der Waals surface area contributed by atoms with Gasteiger partial charge in [0.05, 0.1) is 24.2 Å². The molecule has 0 aromatic rings. The molecule has 0 radical (unpaired) electrons. The quantitative estimate of drug-likeness (QED) is 0.425. The number of amides is 2. The highest BCUT2D eigenvalue weighted by Gasteiger charge is 2.80. The van der Waals surface area contributed by atoms with E-state index in [4.69, 9.17) is 9.47 Å². The average molecular weight is 449 g/mol. The molecule has 8 nitrogen and oxygen atoms in total. The zero-order chi connectivity index (χ0) is 24.0. The van der Waals surface area contributed by atoms with Crippen LogP contribution in [0.25, 0.3) is 0 Å². The summed E-state index contributed by atoms with van der Waals surface area (Å²) in [5, 5.41) is 9.91. The SMILES string of the molecule is C=CCOC(=O)[C@H]1[C@H]2C(=O)N([C@H](C)CO)C(C(=O)N(CC=C)C(C)C)C23CC(C)[C@]1(C)O3. The number of hydrogen-bond donors (Lipinski definition) is 1. The Kier molecular flexibility index (Phi) is 6.60. The van der Waals surface area contributed by atoms with Crippen LogP contribution in [0.4, 0.5) is 0 Å². The molecule has 0 saturated carbocycles. The second kappa shape index (κ2) is 8.63. The highest BCUT2D eigenvalue weighted by atomic mass is 16.6. The molecule has 32 heavy (non-hydrogen) atoms. The molecule has 3 aliphatic heterocycles. The summed E-state index contributed by atoms with van der Waals surface area (Å²) in [6, 6.07) is -1.67. The van der Waals surface area contributed by atoms with E-state index in [1.165, 1.54) is 11.0 Å². The first-order valence-corrected chi connectivity index (χ1v) is 11.3. The van der Waals surface area contributed by atoms with Crippen molar-refractivity contribution in [3.63, 3.8) is 0 Å². The molecule has 7 atom stereocenters. The van der Waals surface area contributed by atoms with Crippen LogP contribution in [0, 0.1) is 17.8 Å². The van der Waals surface area contributed by atoms with Crippen LogP contribution in [0.1, 0.15) is 41.0 Å². The highest BCUT2D eigenvalue weighted by molar-refractivity contribution is 5.98. The predicted octanol–water partition coefficient (Wildman–Crippen LogP) is 1.53. The molecule has 3 unspecified atom stereocenters. The van der Waals surface area contributed by atoms with Crippen molar-refractivity contribution in [2.75, 3.05) is 19.8 Å². The fourth-order valence-corrected chi connectivity index (χ4v) is 5.96. The van der Waals surface area contributed by atoms with E-state index >= 15 is 0 Å². The number of rotatable bonds is 9. The topological polar surface area (TPSA) is 96.4 Å². The maximum Gasteiger partial charge on any atom is 0.313 e. The van der Waals surface area contributed by atoms with Gasteiger partial charge in [0.15, 0.2) is 0 Å². The van der Waals surface area contributed by atoms with Gasteiger partial charge in [-0.05, 0) is 40.0 Å². The first kappa shape index (κ1) is 24.5. The lowest BCUT2D eigenvalue weighted by molar-refractivity contribution is -0.163. The van der Waals surface area contributed by atoms with E-state index in [9.17, 15) is 19.5 Å². The van der Waals surface area contributed by atoms with E-state index in [1.807, 2.05) is 27.7 Å². The lowest BCUT2D eigenvalue weighted by atomic mass is 9.62. The van der Waals surface area contributed by atoms with Crippen molar-refractivity contribution in [3.8, 4) is 0 Å². The molecule has 8 heteroatoms. The van der Waals surface area contributed by atoms with Crippen molar-refractivity contribution in [1.29, 1.82) is 0 Å². The molecule has 3 rings (SSSR count). The summed E-state index contributed by atoms with van der Waals surface area (Å²) in [4.78, 5) is 43.9. The summed E-state index contributed by atoms with van der Waals surface area (Å²) < 4.78 is 12.0. The predicted molar refractivity (Wildman–Crippen MR) is 118 cm³/mol. The van der Waals surface area contributed by atoms with Gasteiger partial charge in [0.1, 0.15) is 24.2 Å². The zero-order valence-corrected chi connectivity index (χ0v) is 19.7. The number of likely N-dealkylation sites (tertiary alicyclic amines) is 1. The second-order valence-electron chi connectivity index (χ2n) is 9.77. The summed E-state index contributed by atoms with van der Waals surface area (Å²) in [5.41, 5.74) is -2.08. The van der Waals surface area contributed by atoms with Gasteiger partial charge in [0, 0.05) is 12.6 Å². The van der Waals surface area contributed by atoms with Crippen LogP contribution in [-0.2, 0) is 23.9 Å². The summed E-state index contributed by atoms with van der Waals surface area (Å²) in [6.07, 6.45) is 3.60. The van der Waals surface area contributed by atoms with Crippen molar-refractivity contribution >= 4 is 17.8 Å². The summed E-state index contributed by atoms with van der Waals surface area (Å²) in [6.45, 7) is 16.7. The number of aliphatic hydroxyl groups excluding tert-OH is 1. The highest BCUT2D eigenvalue weighted by Crippen LogP contribution is 2.65. The molecule has 2 bridgehead atoms. The van der Waals surface area contributed by atoms with Crippen LogP contribution < -0.4 is 0 Å². The van der Waals surface area contributed by atoms with Crippen molar-refractivity contribution in [3.05, 3.63) is 25.3 Å². The fraction of sp³-hybridized carbons (Fsp3) is 0.708. The molecule has 1 N–H and O–H groups in total. The third-order valence-electron chi connectivity index (χ3n) is 7.56. The Hall–Kier alpha value is -2.19. The summed E-state index contributed by atoms with van der Waals surface area (Å²) in [5.74, 6) is -2.87. The van der Waals surface area contributed by atoms with Crippen LogP contribution in [0.15, 0.2) is 25.3 Å². The third-order valence-corrected chi connectivity index (χ3v) is 7.56. The van der Waals surface area contributed by atoms with Crippen LogP contribution in [0.3, 0.4) is 0 Å². The molecule has 3 heterocycles. The van der Waals surface area contributed by atoms with Crippen molar-refractivity contribution in [2.45, 2.75) is 70.4 Å². The molecular weight excluding hydrogens is 412 g/mol. The molecule has 3 fully saturated rings. The number of fused-ring (bicyclic) bond motifs is 1. The Morgan fingerprint density at radius 2 is 2.00 bits per heavy atom. The van der Waals surface area contributed by atoms with Gasteiger partial charge in [0.25, 0.3) is 0 Å². The largest absolute Gasteiger partial charge is 0.461 e. The van der Waals surface area contributed by atoms with E-state index in [0.29, 0.717) is 13.0 Å². The van der Waals surface area contributed by atoms with E-state index in [2.05, 4.69) is 13.2 Å². The number of nitrogens with zero attached hydrogens (tertiary/aromatic N) is 2. The van der Waals surface area contributed by atoms with Gasteiger partial charge in [-0.25, -0.2) is 0 Å². The van der Waals surface area contributed by atoms with Crippen LogP contribution in [-0.4, -0.2) is 81.8 Å². The van der Waals surface area contributed by atoms with Gasteiger partial charge in [0.2, 0.25) is 11.8 Å². The monoisotopic (exact) mass is 448 g/mol. The molecule has 2 amide bonds. The number of carbonyl (C=O) groups is 3. The normalized spacial score (nSPS) is 36.2. The molecule has 1 spiro atoms. The molecule has 3 aliphatic rings. The van der Waals surface area contributed by atoms with Gasteiger partial charge in [-0.3, -0.25) is 14.4 Å². The first-order valence-electron chi connectivity index (χ1n) is 11.3. The van der Waals surface area contributed by atoms with Gasteiger partial charge in [-0.15, -0.1) is 6.58 Å². The molecule has 178 valence electrons. The van der Waals surface area contributed by atoms with E-state index in [0.717, 1.165) is 0 Å². The zero-order valence-electron chi connectivity index (χ0n) is 19.7. The lowest BCUT2D eigenvalue weighted by Gasteiger charge is -2.39. The van der Waals surface area contributed by atoms with Crippen molar-refractivity contribution < 1.29 is 29.0 Å². The van der Waals surface area contributed by atoms with E-state index in [-0.39, 0.29) is 37.0 Å². The van der Waals surface area contributed by atoms with Gasteiger partial charge in [-0.1, -0.05) is 25.7 Å². The van der Waals surface area contributed by atoms with Crippen LogP contribution in [0.2, 0.25) is 0 Å². The Bertz CT molecular complexity index is 812. The Labute approximate surface area is 190 Å². The summed E-state index contributed by atoms with van der Waals surface area (Å²) >= 11 is 0. The van der Waals surface area contributed by atoms with Crippen molar-refractivity contribution in [2.24, 2.45) is 17.8 Å². The average Bonchev–Trinajstić information content (AvgIpc) is 3.26. The molecular formula is C24H36N2O6. The maximum atomic E-state index is 13.9. The van der Waals surface area contributed by atoms with Crippen LogP contribution >= 0.6 is 0 Å². The smallest absolute Gasteiger partial charge is 0.313 e. The molecule has 0 aromatic carbocycles. The minimum absolute atomic E-state index is 0.0350. The van der Waals surface area contributed by atoms with Gasteiger partial charge >= 0.3 is 5.97 Å². The van der Waals surface area contributed by atoms with Gasteiger partial charge < -0.3 is 24.4 Å². The lowest BCUT2D eigenvalue weighted by Crippen LogP contribution is -2.59. The van der Waals surface area contributed by atoms with Gasteiger partial charge in [-0.2, -0.15) is 0 Å². The minimum atomic E-state index is -1.15. The molecule has 0 aromatic heterocycles. The van der Waals surface area contributed by atoms with Crippen LogP contribution in [0.5, 0.6) is 0 Å². The summed E-state index contributed by atoms with van der Waals surface area (Å²) in [7, 11) is 0. The maximum absolute atomic E-state index is 13.9. The second-order valence-corrected chi connectivity index (χ2v) is 9.77. The number of carbonyl (C=O) groups excluding carboxylic acids is 3. The van der Waals surface area contributed by atoms with E-state index in [1.54, 1.807) is 17.9 Å². The standard InChI is InChI=1S/C24H36N2O6/c1-8-10-25(14(3)4)21(29)19-24-12-15(5)23(7,32-24)18(22(30)31-11-9-2)17(24)20(28)26(19)16(6)13-27/h8-9,14-19,27H,1-2,10-13H2,3-7H3/t15?,16-,17+,18-,19?,23+,24?/m1/s1. The third kappa shape index (κ3) is 3.30. The minimum Gasteiger partial charge on any atom is -0.461 e. The number of hydrogen-bond acceptors (Lipinski definition) is 6. The fourth-order valence-electron chi connectivity index (χ4n) is 5.96. The Morgan fingerprint density at radius 1 is 1.34 bits per heavy atom. The number of aliphatic hydroxyl groups is 1. The van der Waals surface area contributed by atoms with E-state index < -0.39 is 41.1 Å². The number of ether oxygens (including phenoxy) is 2.